The maximum absolute atomic E-state index is 12.0. The van der Waals surface area contributed by atoms with Crippen molar-refractivity contribution in [1.82, 2.24) is 4.90 Å². The Hall–Kier alpha value is -1.88. The van der Waals surface area contributed by atoms with E-state index in [1.54, 1.807) is 0 Å². The predicted molar refractivity (Wildman–Crippen MR) is 105 cm³/mol. The molecule has 1 aromatic carbocycles. The van der Waals surface area contributed by atoms with Gasteiger partial charge in [0.05, 0.1) is 13.2 Å². The monoisotopic (exact) mass is 375 g/mol. The number of hydrogen-bond donors (Lipinski definition) is 0. The second-order valence-corrected chi connectivity index (χ2v) is 7.24. The number of benzene rings is 1. The SMILES string of the molecule is CCOC(=O)CCCC1CN(Cc2ccccc2)CCC1CC(=O)OCC. The Morgan fingerprint density at radius 1 is 1.04 bits per heavy atom. The van der Waals surface area contributed by atoms with Gasteiger partial charge in [-0.1, -0.05) is 30.3 Å². The molecule has 1 saturated heterocycles. The third-order valence-corrected chi connectivity index (χ3v) is 5.22. The van der Waals surface area contributed by atoms with Crippen LogP contribution in [0, 0.1) is 11.8 Å². The van der Waals surface area contributed by atoms with E-state index < -0.39 is 0 Å². The minimum Gasteiger partial charge on any atom is -0.466 e. The smallest absolute Gasteiger partial charge is 0.306 e. The summed E-state index contributed by atoms with van der Waals surface area (Å²) < 4.78 is 10.2. The number of piperidine rings is 1. The molecule has 1 aliphatic rings. The van der Waals surface area contributed by atoms with Crippen molar-refractivity contribution < 1.29 is 19.1 Å². The summed E-state index contributed by atoms with van der Waals surface area (Å²) in [6.07, 6.45) is 3.68. The van der Waals surface area contributed by atoms with E-state index in [-0.39, 0.29) is 11.9 Å². The van der Waals surface area contributed by atoms with Gasteiger partial charge in [0.1, 0.15) is 0 Å². The Balaban J connectivity index is 1.91. The van der Waals surface area contributed by atoms with Crippen molar-refractivity contribution in [2.24, 2.45) is 11.8 Å². The molecular weight excluding hydrogens is 342 g/mol. The first-order chi connectivity index (χ1) is 13.1. The molecule has 1 aromatic rings. The van der Waals surface area contributed by atoms with Crippen LogP contribution in [0.25, 0.3) is 0 Å². The van der Waals surface area contributed by atoms with E-state index in [4.69, 9.17) is 9.47 Å². The van der Waals surface area contributed by atoms with Gasteiger partial charge in [-0.25, -0.2) is 0 Å². The molecule has 1 aliphatic heterocycles. The number of nitrogens with zero attached hydrogens (tertiary/aromatic N) is 1. The number of rotatable bonds is 10. The fourth-order valence-corrected chi connectivity index (χ4v) is 3.91. The number of likely N-dealkylation sites (tertiary alicyclic amines) is 1. The van der Waals surface area contributed by atoms with Crippen LogP contribution in [0.3, 0.4) is 0 Å². The minimum atomic E-state index is -0.128. The van der Waals surface area contributed by atoms with Gasteiger partial charge in [0.25, 0.3) is 0 Å². The van der Waals surface area contributed by atoms with Crippen LogP contribution in [0.2, 0.25) is 0 Å². The number of carbonyl (C=O) groups excluding carboxylic acids is 2. The van der Waals surface area contributed by atoms with Crippen molar-refractivity contribution in [2.75, 3.05) is 26.3 Å². The van der Waals surface area contributed by atoms with Crippen LogP contribution in [0.5, 0.6) is 0 Å². The molecule has 2 atom stereocenters. The molecule has 0 spiro atoms. The molecule has 0 N–H and O–H groups in total. The van der Waals surface area contributed by atoms with E-state index in [0.717, 1.165) is 38.9 Å². The molecular formula is C22H33NO4. The van der Waals surface area contributed by atoms with Crippen molar-refractivity contribution in [3.05, 3.63) is 35.9 Å². The second-order valence-electron chi connectivity index (χ2n) is 7.24. The summed E-state index contributed by atoms with van der Waals surface area (Å²) in [7, 11) is 0. The van der Waals surface area contributed by atoms with Crippen LogP contribution in [-0.2, 0) is 25.6 Å². The van der Waals surface area contributed by atoms with E-state index in [2.05, 4.69) is 29.2 Å². The van der Waals surface area contributed by atoms with Gasteiger partial charge >= 0.3 is 11.9 Å². The van der Waals surface area contributed by atoms with Crippen molar-refractivity contribution >= 4 is 11.9 Å². The third-order valence-electron chi connectivity index (χ3n) is 5.22. The van der Waals surface area contributed by atoms with Crippen LogP contribution in [0.1, 0.15) is 51.5 Å². The lowest BCUT2D eigenvalue weighted by Gasteiger charge is -2.38. The molecule has 0 radical (unpaired) electrons. The molecule has 5 nitrogen and oxygen atoms in total. The Morgan fingerprint density at radius 3 is 2.44 bits per heavy atom. The van der Waals surface area contributed by atoms with Gasteiger partial charge in [0.2, 0.25) is 0 Å². The maximum atomic E-state index is 12.0. The molecule has 5 heteroatoms. The van der Waals surface area contributed by atoms with Gasteiger partial charge in [-0.2, -0.15) is 0 Å². The highest BCUT2D eigenvalue weighted by atomic mass is 16.5. The zero-order valence-electron chi connectivity index (χ0n) is 16.7. The quantitative estimate of drug-likeness (QED) is 0.582. The maximum Gasteiger partial charge on any atom is 0.306 e. The van der Waals surface area contributed by atoms with Crippen molar-refractivity contribution in [1.29, 1.82) is 0 Å². The highest BCUT2D eigenvalue weighted by molar-refractivity contribution is 5.70. The normalized spacial score (nSPS) is 20.2. The van der Waals surface area contributed by atoms with Gasteiger partial charge in [0.15, 0.2) is 0 Å². The molecule has 0 aliphatic carbocycles. The summed E-state index contributed by atoms with van der Waals surface area (Å²) in [5, 5.41) is 0. The minimum absolute atomic E-state index is 0.102. The number of ether oxygens (including phenoxy) is 2. The lowest BCUT2D eigenvalue weighted by Crippen LogP contribution is -2.41. The zero-order valence-corrected chi connectivity index (χ0v) is 16.7. The lowest BCUT2D eigenvalue weighted by atomic mass is 9.80. The first-order valence-corrected chi connectivity index (χ1v) is 10.2. The lowest BCUT2D eigenvalue weighted by molar-refractivity contribution is -0.146. The Kier molecular flexibility index (Phi) is 9.32. The molecule has 27 heavy (non-hydrogen) atoms. The van der Waals surface area contributed by atoms with E-state index in [0.29, 0.717) is 37.9 Å². The number of carbonyl (C=O) groups is 2. The summed E-state index contributed by atoms with van der Waals surface area (Å²) in [6.45, 7) is 7.42. The van der Waals surface area contributed by atoms with Gasteiger partial charge in [-0.05, 0) is 57.1 Å². The van der Waals surface area contributed by atoms with Gasteiger partial charge in [0, 0.05) is 25.9 Å². The molecule has 0 bridgehead atoms. The summed E-state index contributed by atoms with van der Waals surface area (Å²) in [5.74, 6) is 0.505. The topological polar surface area (TPSA) is 55.8 Å². The van der Waals surface area contributed by atoms with Gasteiger partial charge in [-0.3, -0.25) is 14.5 Å². The molecule has 0 aromatic heterocycles. The Bertz CT molecular complexity index is 575. The van der Waals surface area contributed by atoms with E-state index >= 15 is 0 Å². The van der Waals surface area contributed by atoms with Crippen LogP contribution >= 0.6 is 0 Å². The summed E-state index contributed by atoms with van der Waals surface area (Å²) in [4.78, 5) is 26.1. The molecule has 1 fully saturated rings. The number of esters is 2. The average Bonchev–Trinajstić information content (AvgIpc) is 2.65. The van der Waals surface area contributed by atoms with Crippen LogP contribution in [-0.4, -0.2) is 43.1 Å². The molecule has 1 heterocycles. The Morgan fingerprint density at radius 2 is 1.74 bits per heavy atom. The molecule has 2 unspecified atom stereocenters. The standard InChI is InChI=1S/C22H33NO4/c1-3-26-21(24)12-8-11-20-17-23(16-18-9-6-5-7-10-18)14-13-19(20)15-22(25)27-4-2/h5-7,9-10,19-20H,3-4,8,11-17H2,1-2H3. The molecule has 0 amide bonds. The number of hydrogen-bond acceptors (Lipinski definition) is 5. The first kappa shape index (κ1) is 21.4. The molecule has 0 saturated carbocycles. The summed E-state index contributed by atoms with van der Waals surface area (Å²) in [5.41, 5.74) is 1.31. The highest BCUT2D eigenvalue weighted by Gasteiger charge is 2.31. The highest BCUT2D eigenvalue weighted by Crippen LogP contribution is 2.31. The van der Waals surface area contributed by atoms with E-state index in [9.17, 15) is 9.59 Å². The fourth-order valence-electron chi connectivity index (χ4n) is 3.91. The second kappa shape index (κ2) is 11.8. The fraction of sp³-hybridized carbons (Fsp3) is 0.636. The van der Waals surface area contributed by atoms with Crippen LogP contribution < -0.4 is 0 Å². The Labute approximate surface area is 163 Å². The first-order valence-electron chi connectivity index (χ1n) is 10.2. The van der Waals surface area contributed by atoms with Crippen molar-refractivity contribution in [3.63, 3.8) is 0 Å². The van der Waals surface area contributed by atoms with Crippen molar-refractivity contribution in [2.45, 2.75) is 52.5 Å². The largest absolute Gasteiger partial charge is 0.466 e. The van der Waals surface area contributed by atoms with Crippen LogP contribution in [0.15, 0.2) is 30.3 Å². The summed E-state index contributed by atoms with van der Waals surface area (Å²) in [6, 6.07) is 10.5. The van der Waals surface area contributed by atoms with Gasteiger partial charge < -0.3 is 9.47 Å². The third kappa shape index (κ3) is 7.71. The molecule has 150 valence electrons. The average molecular weight is 376 g/mol. The zero-order chi connectivity index (χ0) is 19.5. The predicted octanol–water partition coefficient (Wildman–Crippen LogP) is 3.81. The van der Waals surface area contributed by atoms with Crippen LogP contribution in [0.4, 0.5) is 0 Å². The van der Waals surface area contributed by atoms with E-state index in [1.165, 1.54) is 5.56 Å². The summed E-state index contributed by atoms with van der Waals surface area (Å²) >= 11 is 0. The molecule has 2 rings (SSSR count). The van der Waals surface area contributed by atoms with Crippen molar-refractivity contribution in [3.8, 4) is 0 Å². The van der Waals surface area contributed by atoms with Gasteiger partial charge in [-0.15, -0.1) is 0 Å². The van der Waals surface area contributed by atoms with E-state index in [1.807, 2.05) is 19.9 Å².